The number of benzene rings is 2. The average Bonchev–Trinajstić information content (AvgIpc) is 3.51. The molecule has 0 amide bonds. The minimum absolute atomic E-state index is 0.0362. The number of hydrogen-bond acceptors (Lipinski definition) is 6. The van der Waals surface area contributed by atoms with Crippen molar-refractivity contribution in [3.63, 3.8) is 0 Å². The minimum atomic E-state index is -5.08. The third-order valence-electron chi connectivity index (χ3n) is 5.91. The summed E-state index contributed by atoms with van der Waals surface area (Å²) >= 11 is 1.22. The van der Waals surface area contributed by atoms with Crippen molar-refractivity contribution in [2.24, 2.45) is 5.73 Å². The van der Waals surface area contributed by atoms with Crippen molar-refractivity contribution < 1.29 is 36.3 Å². The number of nitrogens with zero attached hydrogens (tertiary/aromatic N) is 1. The van der Waals surface area contributed by atoms with Crippen LogP contribution in [-0.2, 0) is 26.5 Å². The van der Waals surface area contributed by atoms with Crippen molar-refractivity contribution in [1.82, 2.24) is 4.73 Å². The van der Waals surface area contributed by atoms with Gasteiger partial charge in [0.1, 0.15) is 11.3 Å². The van der Waals surface area contributed by atoms with Crippen LogP contribution in [0.4, 0.5) is 13.2 Å². The van der Waals surface area contributed by atoms with Gasteiger partial charge in [-0.15, -0.1) is 11.3 Å². The monoisotopic (exact) mass is 582 g/mol. The van der Waals surface area contributed by atoms with Crippen LogP contribution in [-0.4, -0.2) is 44.1 Å². The Morgan fingerprint density at radius 2 is 1.67 bits per heavy atom. The van der Waals surface area contributed by atoms with E-state index in [1.807, 2.05) is 6.07 Å². The highest BCUT2D eigenvalue weighted by atomic mass is 32.2. The van der Waals surface area contributed by atoms with Gasteiger partial charge < -0.3 is 15.7 Å². The predicted molar refractivity (Wildman–Crippen MR) is 145 cm³/mol. The summed E-state index contributed by atoms with van der Waals surface area (Å²) in [5.74, 6) is -2.76. The molecule has 39 heavy (non-hydrogen) atoms. The number of rotatable bonds is 6. The molecule has 0 aliphatic rings. The molecule has 0 saturated carbocycles. The molecular weight excluding hydrogens is 553 g/mol. The van der Waals surface area contributed by atoms with Gasteiger partial charge in [0.2, 0.25) is 9.84 Å². The maximum absolute atomic E-state index is 13.5. The zero-order valence-corrected chi connectivity index (χ0v) is 23.4. The summed E-state index contributed by atoms with van der Waals surface area (Å²) in [6.45, 7) is 6.92. The van der Waals surface area contributed by atoms with Gasteiger partial charge in [-0.2, -0.15) is 17.9 Å². The topological polar surface area (TPSA) is 112 Å². The SMILES string of the molecule is COn1c(-c2ccc(C(C)(C)C)cc2)c(CCN)c2c(S(=O)(=O)c3cccs3)cccc21.O=C(O)C(F)(F)F. The van der Waals surface area contributed by atoms with Gasteiger partial charge in [-0.25, -0.2) is 13.2 Å². The minimum Gasteiger partial charge on any atom is -0.475 e. The van der Waals surface area contributed by atoms with E-state index < -0.39 is 22.0 Å². The number of fused-ring (bicyclic) bond motifs is 1. The lowest BCUT2D eigenvalue weighted by atomic mass is 9.86. The van der Waals surface area contributed by atoms with E-state index in [0.29, 0.717) is 28.1 Å². The molecule has 0 radical (unpaired) electrons. The van der Waals surface area contributed by atoms with Crippen LogP contribution in [0.5, 0.6) is 0 Å². The Hall–Kier alpha value is -3.35. The molecule has 2 heterocycles. The fourth-order valence-corrected chi connectivity index (χ4v) is 6.72. The number of carboxylic acid groups (broad SMARTS) is 1. The molecule has 0 aliphatic heterocycles. The summed E-state index contributed by atoms with van der Waals surface area (Å²) in [5, 5.41) is 9.57. The highest BCUT2D eigenvalue weighted by Crippen LogP contribution is 2.39. The Kier molecular flexibility index (Phi) is 8.83. The molecule has 0 aliphatic carbocycles. The molecular formula is C27H29F3N2O5S2. The summed E-state index contributed by atoms with van der Waals surface area (Å²) < 4.78 is 60.8. The molecule has 4 aromatic rings. The molecule has 0 unspecified atom stereocenters. The molecule has 0 bridgehead atoms. The molecule has 0 fully saturated rings. The molecule has 210 valence electrons. The molecule has 2 aromatic heterocycles. The lowest BCUT2D eigenvalue weighted by Gasteiger charge is -2.19. The molecule has 0 saturated heterocycles. The first kappa shape index (κ1) is 30.2. The first-order valence-corrected chi connectivity index (χ1v) is 14.1. The summed E-state index contributed by atoms with van der Waals surface area (Å²) in [4.78, 5) is 15.0. The van der Waals surface area contributed by atoms with E-state index in [0.717, 1.165) is 16.8 Å². The van der Waals surface area contributed by atoms with Crippen molar-refractivity contribution in [2.75, 3.05) is 13.7 Å². The second kappa shape index (κ2) is 11.4. The van der Waals surface area contributed by atoms with E-state index in [1.165, 1.54) is 16.9 Å². The van der Waals surface area contributed by atoms with E-state index in [9.17, 15) is 21.6 Å². The number of alkyl halides is 3. The van der Waals surface area contributed by atoms with Crippen LogP contribution < -0.4 is 10.6 Å². The number of carboxylic acids is 1. The first-order valence-electron chi connectivity index (χ1n) is 11.7. The van der Waals surface area contributed by atoms with E-state index in [-0.39, 0.29) is 10.3 Å². The van der Waals surface area contributed by atoms with Gasteiger partial charge in [0, 0.05) is 10.9 Å². The lowest BCUT2D eigenvalue weighted by Crippen LogP contribution is -2.21. The number of sulfone groups is 1. The van der Waals surface area contributed by atoms with Crippen LogP contribution in [0.15, 0.2) is 69.1 Å². The van der Waals surface area contributed by atoms with Gasteiger partial charge in [0.05, 0.1) is 16.1 Å². The van der Waals surface area contributed by atoms with Gasteiger partial charge >= 0.3 is 12.1 Å². The van der Waals surface area contributed by atoms with E-state index >= 15 is 0 Å². The summed E-state index contributed by atoms with van der Waals surface area (Å²) in [6.07, 6.45) is -4.56. The lowest BCUT2D eigenvalue weighted by molar-refractivity contribution is -0.192. The van der Waals surface area contributed by atoms with Crippen molar-refractivity contribution in [3.8, 4) is 11.3 Å². The summed E-state index contributed by atoms with van der Waals surface area (Å²) in [6, 6.07) is 17.1. The molecule has 3 N–H and O–H groups in total. The fourth-order valence-electron chi connectivity index (χ4n) is 4.10. The normalized spacial score (nSPS) is 12.2. The van der Waals surface area contributed by atoms with E-state index in [1.54, 1.807) is 41.5 Å². The average molecular weight is 583 g/mol. The van der Waals surface area contributed by atoms with Crippen LogP contribution in [0.2, 0.25) is 0 Å². The van der Waals surface area contributed by atoms with Crippen molar-refractivity contribution in [1.29, 1.82) is 0 Å². The number of halogens is 3. The van der Waals surface area contributed by atoms with Crippen LogP contribution >= 0.6 is 11.3 Å². The number of nitrogens with two attached hydrogens (primary N) is 1. The van der Waals surface area contributed by atoms with Gasteiger partial charge in [0.25, 0.3) is 0 Å². The zero-order valence-electron chi connectivity index (χ0n) is 21.7. The summed E-state index contributed by atoms with van der Waals surface area (Å²) in [7, 11) is -2.08. The molecule has 0 spiro atoms. The molecule has 12 heteroatoms. The van der Waals surface area contributed by atoms with E-state index in [4.69, 9.17) is 20.5 Å². The number of carbonyl (C=O) groups is 1. The van der Waals surface area contributed by atoms with Crippen molar-refractivity contribution >= 4 is 38.0 Å². The Labute approximate surface area is 228 Å². The quantitative estimate of drug-likeness (QED) is 0.302. The summed E-state index contributed by atoms with van der Waals surface area (Å²) in [5.41, 5.74) is 10.6. The smallest absolute Gasteiger partial charge is 0.475 e. The second-order valence-corrected chi connectivity index (χ2v) is 12.7. The van der Waals surface area contributed by atoms with Crippen LogP contribution in [0.1, 0.15) is 31.9 Å². The van der Waals surface area contributed by atoms with Crippen molar-refractivity contribution in [2.45, 2.75) is 47.9 Å². The van der Waals surface area contributed by atoms with Crippen LogP contribution in [0.25, 0.3) is 22.2 Å². The maximum atomic E-state index is 13.5. The zero-order chi connectivity index (χ0) is 29.2. The van der Waals surface area contributed by atoms with E-state index in [2.05, 4.69) is 45.0 Å². The number of thiophene rings is 1. The molecule has 2 aromatic carbocycles. The highest BCUT2D eigenvalue weighted by molar-refractivity contribution is 7.93. The fraction of sp³-hybridized carbons (Fsp3) is 0.296. The highest BCUT2D eigenvalue weighted by Gasteiger charge is 2.38. The number of aliphatic carboxylic acids is 1. The van der Waals surface area contributed by atoms with Gasteiger partial charge in [-0.05, 0) is 53.1 Å². The number of aromatic nitrogens is 1. The standard InChI is InChI=1S/C25H28N2O3S2.C2HF3O2/c1-25(2,3)18-12-10-17(11-13-18)24-19(14-15-26)23-20(27(24)30-4)7-5-8-21(23)32(28,29)22-9-6-16-31-22;3-2(4,5)1(6)7/h5-13,16H,14-15,26H2,1-4H3;(H,6,7). The Bertz CT molecular complexity index is 1550. The van der Waals surface area contributed by atoms with Gasteiger partial charge in [-0.1, -0.05) is 57.2 Å². The molecule has 7 nitrogen and oxygen atoms in total. The Morgan fingerprint density at radius 1 is 1.05 bits per heavy atom. The largest absolute Gasteiger partial charge is 0.490 e. The van der Waals surface area contributed by atoms with Gasteiger partial charge in [-0.3, -0.25) is 0 Å². The van der Waals surface area contributed by atoms with Crippen LogP contribution in [0.3, 0.4) is 0 Å². The molecule has 4 rings (SSSR count). The molecule has 0 atom stereocenters. The maximum Gasteiger partial charge on any atom is 0.490 e. The first-order chi connectivity index (χ1) is 18.1. The predicted octanol–water partition coefficient (Wildman–Crippen LogP) is 5.69. The third kappa shape index (κ3) is 6.29. The Morgan fingerprint density at radius 3 is 2.13 bits per heavy atom. The van der Waals surface area contributed by atoms with Gasteiger partial charge in [0.15, 0.2) is 0 Å². The third-order valence-corrected chi connectivity index (χ3v) is 9.10. The van der Waals surface area contributed by atoms with Crippen LogP contribution in [0, 0.1) is 0 Å². The number of hydrogen-bond donors (Lipinski definition) is 2. The van der Waals surface area contributed by atoms with Crippen molar-refractivity contribution in [3.05, 3.63) is 71.1 Å². The Balaban J connectivity index is 0.000000532. The second-order valence-electron chi connectivity index (χ2n) is 9.56.